The van der Waals surface area contributed by atoms with E-state index in [0.717, 1.165) is 0 Å². The average molecular weight is 347 g/mol. The van der Waals surface area contributed by atoms with Crippen LogP contribution in [0.25, 0.3) is 11.1 Å². The summed E-state index contributed by atoms with van der Waals surface area (Å²) >= 11 is 18.1. The number of methoxy groups -OCH3 is 1. The highest BCUT2D eigenvalue weighted by Gasteiger charge is 2.17. The number of rotatable bonds is 4. The van der Waals surface area contributed by atoms with Crippen LogP contribution in [-0.4, -0.2) is 23.2 Å². The third-order valence-electron chi connectivity index (χ3n) is 2.80. The summed E-state index contributed by atoms with van der Waals surface area (Å²) in [6.07, 6.45) is -0.261. The highest BCUT2D eigenvalue weighted by Crippen LogP contribution is 2.39. The molecular weight excluding hydrogens is 337 g/mol. The van der Waals surface area contributed by atoms with Crippen molar-refractivity contribution in [1.82, 2.24) is 4.98 Å². The fourth-order valence-corrected chi connectivity index (χ4v) is 2.49. The lowest BCUT2D eigenvalue weighted by Crippen LogP contribution is -2.05. The minimum atomic E-state index is -1.01. The molecule has 0 radical (unpaired) electrons. The van der Waals surface area contributed by atoms with Crippen molar-refractivity contribution in [3.05, 3.63) is 45.0 Å². The van der Waals surface area contributed by atoms with Crippen molar-refractivity contribution >= 4 is 40.8 Å². The van der Waals surface area contributed by atoms with Gasteiger partial charge in [0.1, 0.15) is 0 Å². The summed E-state index contributed by atoms with van der Waals surface area (Å²) in [5, 5.41) is 9.80. The monoisotopic (exact) mass is 345 g/mol. The molecule has 0 saturated carbocycles. The maximum Gasteiger partial charge on any atom is 0.309 e. The number of carboxylic acids is 1. The summed E-state index contributed by atoms with van der Waals surface area (Å²) < 4.78 is 5.02. The molecule has 2 rings (SSSR count). The maximum atomic E-state index is 11.0. The SMILES string of the molecule is COc1ccc(-c2ccc(Cl)c(Cl)c2Cl)c(CC(=O)O)n1. The van der Waals surface area contributed by atoms with Gasteiger partial charge in [-0.15, -0.1) is 0 Å². The third kappa shape index (κ3) is 3.40. The maximum absolute atomic E-state index is 11.0. The molecule has 110 valence electrons. The fraction of sp³-hybridized carbons (Fsp3) is 0.143. The molecule has 1 N–H and O–H groups in total. The Hall–Kier alpha value is -1.49. The largest absolute Gasteiger partial charge is 0.481 e. The quantitative estimate of drug-likeness (QED) is 0.836. The second kappa shape index (κ2) is 6.52. The number of aliphatic carboxylic acids is 1. The highest BCUT2D eigenvalue weighted by molar-refractivity contribution is 6.49. The van der Waals surface area contributed by atoms with Gasteiger partial charge in [0.15, 0.2) is 0 Å². The molecule has 4 nitrogen and oxygen atoms in total. The molecule has 0 fully saturated rings. The molecule has 2 aromatic rings. The second-order valence-corrected chi connectivity index (χ2v) is 5.30. The van der Waals surface area contributed by atoms with Crippen molar-refractivity contribution in [2.45, 2.75) is 6.42 Å². The number of pyridine rings is 1. The van der Waals surface area contributed by atoms with Crippen LogP contribution in [-0.2, 0) is 11.2 Å². The van der Waals surface area contributed by atoms with E-state index in [2.05, 4.69) is 4.98 Å². The zero-order valence-corrected chi connectivity index (χ0v) is 13.1. The van der Waals surface area contributed by atoms with E-state index in [0.29, 0.717) is 27.7 Å². The van der Waals surface area contributed by atoms with E-state index in [1.807, 2.05) is 0 Å². The zero-order chi connectivity index (χ0) is 15.6. The number of hydrogen-bond donors (Lipinski definition) is 1. The normalized spacial score (nSPS) is 10.5. The first-order chi connectivity index (χ1) is 9.93. The molecule has 1 aromatic carbocycles. The van der Waals surface area contributed by atoms with Crippen molar-refractivity contribution in [3.63, 3.8) is 0 Å². The molecule has 0 aliphatic carbocycles. The zero-order valence-electron chi connectivity index (χ0n) is 10.9. The number of carbonyl (C=O) groups is 1. The Kier molecular flexibility index (Phi) is 4.93. The predicted octanol–water partition coefficient (Wildman–Crippen LogP) is 4.34. The molecular formula is C14H10Cl3NO3. The Morgan fingerprint density at radius 3 is 2.43 bits per heavy atom. The molecule has 0 aliphatic heterocycles. The van der Waals surface area contributed by atoms with Crippen LogP contribution in [0.15, 0.2) is 24.3 Å². The summed E-state index contributed by atoms with van der Waals surface area (Å²) in [7, 11) is 1.46. The predicted molar refractivity (Wildman–Crippen MR) is 82.6 cm³/mol. The van der Waals surface area contributed by atoms with Crippen LogP contribution < -0.4 is 4.74 Å². The number of ether oxygens (including phenoxy) is 1. The molecule has 0 spiro atoms. The lowest BCUT2D eigenvalue weighted by Gasteiger charge is -2.12. The first-order valence-electron chi connectivity index (χ1n) is 5.83. The van der Waals surface area contributed by atoms with E-state index in [9.17, 15) is 4.79 Å². The van der Waals surface area contributed by atoms with Gasteiger partial charge in [0.05, 0.1) is 34.3 Å². The van der Waals surface area contributed by atoms with Crippen molar-refractivity contribution in [3.8, 4) is 17.0 Å². The van der Waals surface area contributed by atoms with E-state index in [1.165, 1.54) is 7.11 Å². The number of aromatic nitrogens is 1. The summed E-state index contributed by atoms with van der Waals surface area (Å²) in [4.78, 5) is 15.2. The van der Waals surface area contributed by atoms with Crippen LogP contribution in [0.1, 0.15) is 5.69 Å². The minimum absolute atomic E-state index is 0.216. The van der Waals surface area contributed by atoms with Gasteiger partial charge in [0.2, 0.25) is 5.88 Å². The average Bonchev–Trinajstić information content (AvgIpc) is 2.45. The number of halogens is 3. The van der Waals surface area contributed by atoms with Crippen molar-refractivity contribution < 1.29 is 14.6 Å². The summed E-state index contributed by atoms with van der Waals surface area (Å²) in [5.74, 6) is -0.681. The van der Waals surface area contributed by atoms with Crippen LogP contribution in [0.5, 0.6) is 5.88 Å². The molecule has 7 heteroatoms. The minimum Gasteiger partial charge on any atom is -0.481 e. The number of carboxylic acid groups (broad SMARTS) is 1. The summed E-state index contributed by atoms with van der Waals surface area (Å²) in [6, 6.07) is 6.58. The van der Waals surface area contributed by atoms with E-state index in [1.54, 1.807) is 24.3 Å². The van der Waals surface area contributed by atoms with Crippen LogP contribution in [0, 0.1) is 0 Å². The summed E-state index contributed by atoms with van der Waals surface area (Å²) in [6.45, 7) is 0. The number of hydrogen-bond acceptors (Lipinski definition) is 3. The topological polar surface area (TPSA) is 59.4 Å². The molecule has 0 atom stereocenters. The Morgan fingerprint density at radius 2 is 1.81 bits per heavy atom. The van der Waals surface area contributed by atoms with Gasteiger partial charge in [-0.05, 0) is 12.1 Å². The number of nitrogens with zero attached hydrogens (tertiary/aromatic N) is 1. The van der Waals surface area contributed by atoms with Gasteiger partial charge >= 0.3 is 5.97 Å². The molecule has 1 aromatic heterocycles. The summed E-state index contributed by atoms with van der Waals surface area (Å²) in [5.41, 5.74) is 1.47. The lowest BCUT2D eigenvalue weighted by molar-refractivity contribution is -0.136. The van der Waals surface area contributed by atoms with E-state index >= 15 is 0 Å². The van der Waals surface area contributed by atoms with Crippen molar-refractivity contribution in [2.24, 2.45) is 0 Å². The first-order valence-corrected chi connectivity index (χ1v) is 6.97. The molecule has 21 heavy (non-hydrogen) atoms. The van der Waals surface area contributed by atoms with Gasteiger partial charge in [0, 0.05) is 17.2 Å². The van der Waals surface area contributed by atoms with Crippen LogP contribution >= 0.6 is 34.8 Å². The molecule has 0 unspecified atom stereocenters. The van der Waals surface area contributed by atoms with Gasteiger partial charge in [0.25, 0.3) is 0 Å². The smallest absolute Gasteiger partial charge is 0.309 e. The molecule has 0 aliphatic rings. The molecule has 0 amide bonds. The molecule has 0 bridgehead atoms. The Labute approximate surface area is 136 Å². The Morgan fingerprint density at radius 1 is 1.14 bits per heavy atom. The highest BCUT2D eigenvalue weighted by atomic mass is 35.5. The van der Waals surface area contributed by atoms with Crippen molar-refractivity contribution in [2.75, 3.05) is 7.11 Å². The fourth-order valence-electron chi connectivity index (χ4n) is 1.85. The van der Waals surface area contributed by atoms with Gasteiger partial charge in [-0.1, -0.05) is 40.9 Å². The Bertz CT molecular complexity index is 704. The van der Waals surface area contributed by atoms with Crippen LogP contribution in [0.4, 0.5) is 0 Å². The van der Waals surface area contributed by atoms with Crippen LogP contribution in [0.3, 0.4) is 0 Å². The number of benzene rings is 1. The second-order valence-electron chi connectivity index (χ2n) is 4.14. The molecule has 0 saturated heterocycles. The standard InChI is InChI=1S/C14H10Cl3NO3/c1-21-11-5-3-7(10(18-11)6-12(19)20)8-2-4-9(15)14(17)13(8)16/h2-5H,6H2,1H3,(H,19,20). The van der Waals surface area contributed by atoms with Gasteiger partial charge < -0.3 is 9.84 Å². The van der Waals surface area contributed by atoms with Gasteiger partial charge in [-0.25, -0.2) is 4.98 Å². The first kappa shape index (κ1) is 15.9. The lowest BCUT2D eigenvalue weighted by atomic mass is 10.0. The van der Waals surface area contributed by atoms with E-state index in [4.69, 9.17) is 44.6 Å². The molecule has 1 heterocycles. The van der Waals surface area contributed by atoms with Gasteiger partial charge in [-0.2, -0.15) is 0 Å². The Balaban J connectivity index is 2.62. The van der Waals surface area contributed by atoms with Crippen LogP contribution in [0.2, 0.25) is 15.1 Å². The third-order valence-corrected chi connectivity index (χ3v) is 4.10. The van der Waals surface area contributed by atoms with Crippen molar-refractivity contribution in [1.29, 1.82) is 0 Å². The van der Waals surface area contributed by atoms with Gasteiger partial charge in [-0.3, -0.25) is 4.79 Å². The van der Waals surface area contributed by atoms with E-state index in [-0.39, 0.29) is 16.5 Å². The van der Waals surface area contributed by atoms with E-state index < -0.39 is 5.97 Å².